The number of fused-ring (bicyclic) bond motifs is 1. The van der Waals surface area contributed by atoms with Crippen LogP contribution in [-0.2, 0) is 17.8 Å². The van der Waals surface area contributed by atoms with Gasteiger partial charge in [-0.1, -0.05) is 6.92 Å². The van der Waals surface area contributed by atoms with Crippen molar-refractivity contribution in [3.05, 3.63) is 23.3 Å². The number of ketones is 1. The first-order valence-electron chi connectivity index (χ1n) is 9.84. The Balaban J connectivity index is 2.42. The van der Waals surface area contributed by atoms with Gasteiger partial charge < -0.3 is 33.5 Å². The Kier molecular flexibility index (Phi) is 6.80. The standard InChI is InChI=1S/C23H28O8/c1-12(13(2)25)7-14-8-17-21(31-11-30-17)23(29-6)18(14)19-15(10-24)9-16(26-3)20(27-4)22(19)28-5/h8-9,12,24H,7,10-11H2,1-6H3. The molecule has 0 radical (unpaired) electrons. The minimum Gasteiger partial charge on any atom is -0.493 e. The maximum Gasteiger partial charge on any atom is 0.231 e. The molecule has 3 rings (SSSR count). The quantitative estimate of drug-likeness (QED) is 0.645. The van der Waals surface area contributed by atoms with Gasteiger partial charge in [0.25, 0.3) is 0 Å². The summed E-state index contributed by atoms with van der Waals surface area (Å²) in [4.78, 5) is 12.0. The summed E-state index contributed by atoms with van der Waals surface area (Å²) in [5.74, 6) is 2.42. The lowest BCUT2D eigenvalue weighted by atomic mass is 9.87. The molecule has 1 heterocycles. The van der Waals surface area contributed by atoms with Crippen molar-refractivity contribution in [2.45, 2.75) is 26.9 Å². The zero-order chi connectivity index (χ0) is 22.7. The van der Waals surface area contributed by atoms with E-state index in [4.69, 9.17) is 28.4 Å². The predicted octanol–water partition coefficient (Wildman–Crippen LogP) is 3.38. The maximum atomic E-state index is 12.0. The SMILES string of the molecule is COc1cc(CO)c(-c2c(CC(C)C(C)=O)cc3c(c2OC)OCO3)c(OC)c1OC. The van der Waals surface area contributed by atoms with E-state index in [-0.39, 0.29) is 25.1 Å². The third kappa shape index (κ3) is 3.95. The predicted molar refractivity (Wildman–Crippen MR) is 114 cm³/mol. The molecular weight excluding hydrogens is 404 g/mol. The molecule has 168 valence electrons. The van der Waals surface area contributed by atoms with Crippen molar-refractivity contribution in [2.75, 3.05) is 35.2 Å². The first-order chi connectivity index (χ1) is 14.9. The summed E-state index contributed by atoms with van der Waals surface area (Å²) in [7, 11) is 6.07. The number of aliphatic hydroxyl groups excluding tert-OH is 1. The number of carbonyl (C=O) groups is 1. The van der Waals surface area contributed by atoms with Crippen LogP contribution in [0.4, 0.5) is 0 Å². The van der Waals surface area contributed by atoms with Crippen LogP contribution in [0.5, 0.6) is 34.5 Å². The highest BCUT2D eigenvalue weighted by Gasteiger charge is 2.32. The van der Waals surface area contributed by atoms with Crippen molar-refractivity contribution in [3.63, 3.8) is 0 Å². The molecule has 2 aromatic rings. The van der Waals surface area contributed by atoms with Gasteiger partial charge >= 0.3 is 0 Å². The van der Waals surface area contributed by atoms with Crippen molar-refractivity contribution in [1.29, 1.82) is 0 Å². The van der Waals surface area contributed by atoms with Crippen LogP contribution >= 0.6 is 0 Å². The largest absolute Gasteiger partial charge is 0.493 e. The van der Waals surface area contributed by atoms with Crippen LogP contribution in [0, 0.1) is 5.92 Å². The summed E-state index contributed by atoms with van der Waals surface area (Å²) in [5, 5.41) is 10.2. The van der Waals surface area contributed by atoms with Gasteiger partial charge in [0.2, 0.25) is 18.3 Å². The van der Waals surface area contributed by atoms with E-state index in [1.54, 1.807) is 13.0 Å². The van der Waals surface area contributed by atoms with Crippen LogP contribution < -0.4 is 28.4 Å². The van der Waals surface area contributed by atoms with Gasteiger partial charge in [0.1, 0.15) is 5.78 Å². The molecule has 1 atom stereocenters. The lowest BCUT2D eigenvalue weighted by Gasteiger charge is -2.23. The van der Waals surface area contributed by atoms with Gasteiger partial charge in [-0.3, -0.25) is 4.79 Å². The zero-order valence-electron chi connectivity index (χ0n) is 18.7. The van der Waals surface area contributed by atoms with Gasteiger partial charge in [-0.05, 0) is 36.6 Å². The molecule has 2 aromatic carbocycles. The highest BCUT2D eigenvalue weighted by molar-refractivity contribution is 5.89. The summed E-state index contributed by atoms with van der Waals surface area (Å²) >= 11 is 0. The van der Waals surface area contributed by atoms with Gasteiger partial charge in [-0.15, -0.1) is 0 Å². The van der Waals surface area contributed by atoms with E-state index in [0.29, 0.717) is 57.6 Å². The molecule has 1 aliphatic heterocycles. The smallest absolute Gasteiger partial charge is 0.231 e. The Hall–Kier alpha value is -3.13. The summed E-state index contributed by atoms with van der Waals surface area (Å²) in [6.07, 6.45) is 0.431. The number of ether oxygens (including phenoxy) is 6. The molecule has 0 saturated heterocycles. The second-order valence-electron chi connectivity index (χ2n) is 7.23. The molecule has 0 spiro atoms. The van der Waals surface area contributed by atoms with Crippen LogP contribution in [0.15, 0.2) is 12.1 Å². The second kappa shape index (κ2) is 9.34. The van der Waals surface area contributed by atoms with E-state index in [9.17, 15) is 9.90 Å². The maximum absolute atomic E-state index is 12.0. The minimum absolute atomic E-state index is 0.0595. The summed E-state index contributed by atoms with van der Waals surface area (Å²) < 4.78 is 33.7. The van der Waals surface area contributed by atoms with E-state index in [2.05, 4.69) is 0 Å². The number of hydrogen-bond donors (Lipinski definition) is 1. The van der Waals surface area contributed by atoms with E-state index < -0.39 is 0 Å². The zero-order valence-corrected chi connectivity index (χ0v) is 18.7. The fourth-order valence-electron chi connectivity index (χ4n) is 3.77. The normalized spacial score (nSPS) is 13.0. The molecular formula is C23H28O8. The number of aliphatic hydroxyl groups is 1. The third-order valence-corrected chi connectivity index (χ3v) is 5.46. The molecule has 0 saturated carbocycles. The van der Waals surface area contributed by atoms with Gasteiger partial charge in [-0.2, -0.15) is 0 Å². The van der Waals surface area contributed by atoms with Gasteiger partial charge in [0.15, 0.2) is 23.0 Å². The van der Waals surface area contributed by atoms with E-state index in [1.807, 2.05) is 13.0 Å². The average Bonchev–Trinajstić information content (AvgIpc) is 3.24. The molecule has 8 heteroatoms. The number of hydrogen-bond acceptors (Lipinski definition) is 8. The Morgan fingerprint density at radius 2 is 1.61 bits per heavy atom. The molecule has 0 aromatic heterocycles. The van der Waals surface area contributed by atoms with Crippen LogP contribution in [0.2, 0.25) is 0 Å². The molecule has 0 bridgehead atoms. The molecule has 1 aliphatic rings. The van der Waals surface area contributed by atoms with Crippen molar-refractivity contribution in [1.82, 2.24) is 0 Å². The molecule has 8 nitrogen and oxygen atoms in total. The minimum atomic E-state index is -0.286. The summed E-state index contributed by atoms with van der Waals surface area (Å²) in [6.45, 7) is 3.20. The van der Waals surface area contributed by atoms with Gasteiger partial charge in [-0.25, -0.2) is 0 Å². The van der Waals surface area contributed by atoms with Crippen molar-refractivity contribution in [2.24, 2.45) is 5.92 Å². The fourth-order valence-corrected chi connectivity index (χ4v) is 3.77. The summed E-state index contributed by atoms with van der Waals surface area (Å²) in [5.41, 5.74) is 2.55. The number of rotatable bonds is 9. The molecule has 0 aliphatic carbocycles. The van der Waals surface area contributed by atoms with Crippen LogP contribution in [0.1, 0.15) is 25.0 Å². The molecule has 0 fully saturated rings. The summed E-state index contributed by atoms with van der Waals surface area (Å²) in [6, 6.07) is 3.54. The lowest BCUT2D eigenvalue weighted by molar-refractivity contribution is -0.120. The van der Waals surface area contributed by atoms with Gasteiger partial charge in [0, 0.05) is 17.0 Å². The van der Waals surface area contributed by atoms with E-state index in [0.717, 1.165) is 5.56 Å². The highest BCUT2D eigenvalue weighted by atomic mass is 16.7. The van der Waals surface area contributed by atoms with Crippen molar-refractivity contribution >= 4 is 5.78 Å². The average molecular weight is 432 g/mol. The molecule has 0 amide bonds. The van der Waals surface area contributed by atoms with Crippen LogP contribution in [-0.4, -0.2) is 46.1 Å². The topological polar surface area (TPSA) is 92.7 Å². The van der Waals surface area contributed by atoms with E-state index >= 15 is 0 Å². The highest BCUT2D eigenvalue weighted by Crippen LogP contribution is 2.55. The Bertz CT molecular complexity index is 983. The van der Waals surface area contributed by atoms with Crippen molar-refractivity contribution in [3.8, 4) is 45.6 Å². The first kappa shape index (κ1) is 22.6. The fraction of sp³-hybridized carbons (Fsp3) is 0.435. The lowest BCUT2D eigenvalue weighted by Crippen LogP contribution is -2.11. The number of benzene rings is 2. The number of methoxy groups -OCH3 is 4. The van der Waals surface area contributed by atoms with E-state index in [1.165, 1.54) is 28.4 Å². The first-order valence-corrected chi connectivity index (χ1v) is 9.84. The number of Topliss-reactive ketones (excluding diaryl/α,β-unsaturated/α-hetero) is 1. The molecule has 1 N–H and O–H groups in total. The van der Waals surface area contributed by atoms with Crippen molar-refractivity contribution < 1.29 is 38.3 Å². The van der Waals surface area contributed by atoms with Crippen LogP contribution in [0.3, 0.4) is 0 Å². The second-order valence-corrected chi connectivity index (χ2v) is 7.23. The van der Waals surface area contributed by atoms with Gasteiger partial charge in [0.05, 0.1) is 35.0 Å². The van der Waals surface area contributed by atoms with Crippen LogP contribution in [0.25, 0.3) is 11.1 Å². The Morgan fingerprint density at radius 1 is 0.968 bits per heavy atom. The Morgan fingerprint density at radius 3 is 2.16 bits per heavy atom. The monoisotopic (exact) mass is 432 g/mol. The Labute approximate surface area is 181 Å². The number of carbonyl (C=O) groups excluding carboxylic acids is 1. The third-order valence-electron chi connectivity index (χ3n) is 5.46. The molecule has 31 heavy (non-hydrogen) atoms. The molecule has 1 unspecified atom stereocenters.